The van der Waals surface area contributed by atoms with Gasteiger partial charge >= 0.3 is 0 Å². The standard InChI is InChI=1S/C10H16N2S/c1-2-7-4-3-5-8-10(7)12-9(6-11)13-8/h7H,2-6,11H2,1H3. The summed E-state index contributed by atoms with van der Waals surface area (Å²) in [5.41, 5.74) is 6.96. The van der Waals surface area contributed by atoms with Gasteiger partial charge < -0.3 is 5.73 Å². The van der Waals surface area contributed by atoms with E-state index < -0.39 is 0 Å². The summed E-state index contributed by atoms with van der Waals surface area (Å²) in [5, 5.41) is 1.12. The molecule has 0 aromatic carbocycles. The fraction of sp³-hybridized carbons (Fsp3) is 0.700. The van der Waals surface area contributed by atoms with Crippen LogP contribution in [-0.4, -0.2) is 4.98 Å². The van der Waals surface area contributed by atoms with Gasteiger partial charge in [-0.05, 0) is 25.7 Å². The van der Waals surface area contributed by atoms with Crippen LogP contribution in [0.5, 0.6) is 0 Å². The molecule has 0 saturated heterocycles. The maximum absolute atomic E-state index is 5.60. The fourth-order valence-corrected chi connectivity index (χ4v) is 3.12. The average molecular weight is 196 g/mol. The van der Waals surface area contributed by atoms with Gasteiger partial charge in [0.2, 0.25) is 0 Å². The molecule has 0 spiro atoms. The molecule has 2 nitrogen and oxygen atoms in total. The monoisotopic (exact) mass is 196 g/mol. The summed E-state index contributed by atoms with van der Waals surface area (Å²) >= 11 is 1.82. The van der Waals surface area contributed by atoms with Crippen molar-refractivity contribution in [1.82, 2.24) is 4.98 Å². The van der Waals surface area contributed by atoms with Crippen LogP contribution in [-0.2, 0) is 13.0 Å². The van der Waals surface area contributed by atoms with E-state index in [1.54, 1.807) is 0 Å². The zero-order chi connectivity index (χ0) is 9.26. The first-order valence-corrected chi connectivity index (χ1v) is 5.85. The molecule has 1 atom stereocenters. The molecule has 0 aliphatic heterocycles. The minimum atomic E-state index is 0.605. The van der Waals surface area contributed by atoms with Crippen molar-refractivity contribution in [3.63, 3.8) is 0 Å². The molecule has 1 heterocycles. The van der Waals surface area contributed by atoms with Crippen molar-refractivity contribution in [1.29, 1.82) is 0 Å². The highest BCUT2D eigenvalue weighted by atomic mass is 32.1. The molecular weight excluding hydrogens is 180 g/mol. The summed E-state index contributed by atoms with van der Waals surface area (Å²) in [7, 11) is 0. The van der Waals surface area contributed by atoms with Crippen molar-refractivity contribution in [2.45, 2.75) is 45.1 Å². The maximum Gasteiger partial charge on any atom is 0.107 e. The zero-order valence-electron chi connectivity index (χ0n) is 8.05. The van der Waals surface area contributed by atoms with Gasteiger partial charge in [0.05, 0.1) is 5.69 Å². The first kappa shape index (κ1) is 9.16. The molecule has 1 aromatic rings. The Labute approximate surface area is 83.2 Å². The van der Waals surface area contributed by atoms with E-state index in [9.17, 15) is 0 Å². The van der Waals surface area contributed by atoms with Crippen LogP contribution in [0.4, 0.5) is 0 Å². The van der Waals surface area contributed by atoms with Crippen LogP contribution in [0, 0.1) is 0 Å². The molecule has 72 valence electrons. The second-order valence-corrected chi connectivity index (χ2v) is 4.79. The van der Waals surface area contributed by atoms with Crippen LogP contribution >= 0.6 is 11.3 Å². The minimum absolute atomic E-state index is 0.605. The van der Waals surface area contributed by atoms with Crippen molar-refractivity contribution in [3.8, 4) is 0 Å². The highest BCUT2D eigenvalue weighted by Gasteiger charge is 2.22. The lowest BCUT2D eigenvalue weighted by atomic mass is 9.89. The predicted octanol–water partition coefficient (Wildman–Crippen LogP) is 2.43. The van der Waals surface area contributed by atoms with E-state index in [0.717, 1.165) is 5.01 Å². The van der Waals surface area contributed by atoms with Gasteiger partial charge in [0.25, 0.3) is 0 Å². The van der Waals surface area contributed by atoms with Crippen LogP contribution in [0.15, 0.2) is 0 Å². The summed E-state index contributed by atoms with van der Waals surface area (Å²) in [6.07, 6.45) is 5.10. The number of nitrogens with two attached hydrogens (primary N) is 1. The maximum atomic E-state index is 5.60. The zero-order valence-corrected chi connectivity index (χ0v) is 8.86. The molecule has 2 rings (SSSR count). The highest BCUT2D eigenvalue weighted by Crippen LogP contribution is 2.36. The SMILES string of the molecule is CCC1CCCc2sc(CN)nc21. The van der Waals surface area contributed by atoms with E-state index in [-0.39, 0.29) is 0 Å². The van der Waals surface area contributed by atoms with E-state index in [0.29, 0.717) is 12.5 Å². The fourth-order valence-electron chi connectivity index (χ4n) is 2.04. The van der Waals surface area contributed by atoms with Gasteiger partial charge in [0.1, 0.15) is 5.01 Å². The molecule has 13 heavy (non-hydrogen) atoms. The second kappa shape index (κ2) is 3.76. The van der Waals surface area contributed by atoms with E-state index in [2.05, 4.69) is 11.9 Å². The Kier molecular flexibility index (Phi) is 2.65. The number of hydrogen-bond donors (Lipinski definition) is 1. The topological polar surface area (TPSA) is 38.9 Å². The minimum Gasteiger partial charge on any atom is -0.325 e. The Balaban J connectivity index is 2.32. The van der Waals surface area contributed by atoms with Crippen molar-refractivity contribution in [2.75, 3.05) is 0 Å². The van der Waals surface area contributed by atoms with Gasteiger partial charge in [-0.2, -0.15) is 0 Å². The average Bonchev–Trinajstić information content (AvgIpc) is 2.59. The van der Waals surface area contributed by atoms with Gasteiger partial charge in [-0.1, -0.05) is 6.92 Å². The first-order chi connectivity index (χ1) is 6.35. The van der Waals surface area contributed by atoms with Crippen LogP contribution in [0.2, 0.25) is 0 Å². The van der Waals surface area contributed by atoms with Gasteiger partial charge in [-0.3, -0.25) is 0 Å². The summed E-state index contributed by atoms with van der Waals surface area (Å²) in [6, 6.07) is 0. The molecule has 0 saturated carbocycles. The normalized spacial score (nSPS) is 21.5. The van der Waals surface area contributed by atoms with Crippen LogP contribution in [0.1, 0.15) is 47.7 Å². The van der Waals surface area contributed by atoms with E-state index >= 15 is 0 Å². The van der Waals surface area contributed by atoms with E-state index in [1.807, 2.05) is 11.3 Å². The van der Waals surface area contributed by atoms with Crippen LogP contribution in [0.3, 0.4) is 0 Å². The third-order valence-electron chi connectivity index (χ3n) is 2.78. The Morgan fingerprint density at radius 1 is 1.62 bits per heavy atom. The molecular formula is C10H16N2S. The number of thiazole rings is 1. The number of fused-ring (bicyclic) bond motifs is 1. The summed E-state index contributed by atoms with van der Waals surface area (Å²) in [5.74, 6) is 0.709. The quantitative estimate of drug-likeness (QED) is 0.789. The van der Waals surface area contributed by atoms with Gasteiger partial charge in [-0.15, -0.1) is 11.3 Å². The number of rotatable bonds is 2. The molecule has 1 unspecified atom stereocenters. The lowest BCUT2D eigenvalue weighted by Gasteiger charge is -2.18. The molecule has 2 N–H and O–H groups in total. The smallest absolute Gasteiger partial charge is 0.107 e. The van der Waals surface area contributed by atoms with Crippen molar-refractivity contribution >= 4 is 11.3 Å². The molecule has 0 radical (unpaired) electrons. The Morgan fingerprint density at radius 3 is 3.15 bits per heavy atom. The van der Waals surface area contributed by atoms with Crippen LogP contribution in [0.25, 0.3) is 0 Å². The summed E-state index contributed by atoms with van der Waals surface area (Å²) in [6.45, 7) is 2.86. The molecule has 3 heteroatoms. The van der Waals surface area contributed by atoms with Crippen molar-refractivity contribution in [2.24, 2.45) is 5.73 Å². The molecule has 0 fully saturated rings. The molecule has 0 bridgehead atoms. The first-order valence-electron chi connectivity index (χ1n) is 5.03. The second-order valence-electron chi connectivity index (χ2n) is 3.62. The Bertz CT molecular complexity index is 293. The largest absolute Gasteiger partial charge is 0.325 e. The highest BCUT2D eigenvalue weighted by molar-refractivity contribution is 7.11. The van der Waals surface area contributed by atoms with Crippen molar-refractivity contribution in [3.05, 3.63) is 15.6 Å². The molecule has 1 aromatic heterocycles. The summed E-state index contributed by atoms with van der Waals surface area (Å²) in [4.78, 5) is 6.11. The number of aryl methyl sites for hydroxylation is 1. The van der Waals surface area contributed by atoms with E-state index in [1.165, 1.54) is 36.3 Å². The van der Waals surface area contributed by atoms with Crippen LogP contribution < -0.4 is 5.73 Å². The third-order valence-corrected chi connectivity index (χ3v) is 3.94. The van der Waals surface area contributed by atoms with E-state index in [4.69, 9.17) is 5.73 Å². The van der Waals surface area contributed by atoms with Crippen molar-refractivity contribution < 1.29 is 0 Å². The lowest BCUT2D eigenvalue weighted by Crippen LogP contribution is -2.07. The van der Waals surface area contributed by atoms with Gasteiger partial charge in [-0.25, -0.2) is 4.98 Å². The molecule has 1 aliphatic rings. The number of hydrogen-bond acceptors (Lipinski definition) is 3. The lowest BCUT2D eigenvalue weighted by molar-refractivity contribution is 0.532. The Morgan fingerprint density at radius 2 is 2.46 bits per heavy atom. The molecule has 0 amide bonds. The number of aromatic nitrogens is 1. The third kappa shape index (κ3) is 1.63. The van der Waals surface area contributed by atoms with Gasteiger partial charge in [0, 0.05) is 17.3 Å². The number of nitrogens with zero attached hydrogens (tertiary/aromatic N) is 1. The van der Waals surface area contributed by atoms with Gasteiger partial charge in [0.15, 0.2) is 0 Å². The predicted molar refractivity (Wildman–Crippen MR) is 56.0 cm³/mol. The molecule has 1 aliphatic carbocycles. The Hall–Kier alpha value is -0.410. The summed E-state index contributed by atoms with van der Waals surface area (Å²) < 4.78 is 0.